The number of hydrogen-bond donors (Lipinski definition) is 1. The summed E-state index contributed by atoms with van der Waals surface area (Å²) in [6.07, 6.45) is 0. The Balaban J connectivity index is 2.27. The molecule has 0 atom stereocenters. The van der Waals surface area contributed by atoms with Crippen LogP contribution in [0.25, 0.3) is 0 Å². The molecule has 2 rings (SSSR count). The monoisotopic (exact) mass is 388 g/mol. The molecule has 0 unspecified atom stereocenters. The molecule has 0 aliphatic heterocycles. The molecule has 22 heavy (non-hydrogen) atoms. The SMILES string of the molecule is Cc1cc(CNS(=O)(=O)c2cc(Br)cc([N+](=O)[O-])c2)c(C)o1. The van der Waals surface area contributed by atoms with Crippen molar-refractivity contribution in [3.8, 4) is 0 Å². The maximum Gasteiger partial charge on any atom is 0.271 e. The normalized spacial score (nSPS) is 11.6. The summed E-state index contributed by atoms with van der Waals surface area (Å²) < 4.78 is 32.6. The van der Waals surface area contributed by atoms with Gasteiger partial charge in [0.15, 0.2) is 0 Å². The number of hydrogen-bond acceptors (Lipinski definition) is 5. The topological polar surface area (TPSA) is 102 Å². The van der Waals surface area contributed by atoms with Gasteiger partial charge in [0.25, 0.3) is 5.69 Å². The predicted molar refractivity (Wildman–Crippen MR) is 83.0 cm³/mol. The summed E-state index contributed by atoms with van der Waals surface area (Å²) in [7, 11) is -3.87. The van der Waals surface area contributed by atoms with Gasteiger partial charge in [0.2, 0.25) is 10.0 Å². The van der Waals surface area contributed by atoms with E-state index in [1.54, 1.807) is 19.9 Å². The number of aryl methyl sites for hydroxylation is 2. The molecule has 9 heteroatoms. The lowest BCUT2D eigenvalue weighted by Gasteiger charge is -2.07. The Hall–Kier alpha value is -1.71. The number of nitrogens with one attached hydrogen (secondary N) is 1. The zero-order valence-electron chi connectivity index (χ0n) is 11.8. The number of non-ortho nitro benzene ring substituents is 1. The number of nitrogens with zero attached hydrogens (tertiary/aromatic N) is 1. The first kappa shape index (κ1) is 16.7. The second-order valence-electron chi connectivity index (χ2n) is 4.67. The Labute approximate surface area is 135 Å². The maximum atomic E-state index is 12.3. The number of sulfonamides is 1. The number of benzene rings is 1. The van der Waals surface area contributed by atoms with E-state index in [4.69, 9.17) is 4.42 Å². The lowest BCUT2D eigenvalue weighted by atomic mass is 10.2. The van der Waals surface area contributed by atoms with Crippen LogP contribution in [0.4, 0.5) is 5.69 Å². The molecule has 0 radical (unpaired) electrons. The Morgan fingerprint density at radius 2 is 1.95 bits per heavy atom. The third kappa shape index (κ3) is 3.73. The molecular weight excluding hydrogens is 376 g/mol. The van der Waals surface area contributed by atoms with E-state index >= 15 is 0 Å². The average molecular weight is 389 g/mol. The van der Waals surface area contributed by atoms with Crippen LogP contribution >= 0.6 is 15.9 Å². The fraction of sp³-hybridized carbons (Fsp3) is 0.231. The molecule has 0 amide bonds. The van der Waals surface area contributed by atoms with Crippen LogP contribution in [0.3, 0.4) is 0 Å². The number of nitro benzene ring substituents is 1. The number of halogens is 1. The van der Waals surface area contributed by atoms with E-state index in [0.717, 1.165) is 6.07 Å². The molecule has 0 fully saturated rings. The molecule has 1 aromatic carbocycles. The minimum atomic E-state index is -3.87. The fourth-order valence-electron chi connectivity index (χ4n) is 1.92. The van der Waals surface area contributed by atoms with Gasteiger partial charge in [-0.1, -0.05) is 15.9 Å². The summed E-state index contributed by atoms with van der Waals surface area (Å²) in [6.45, 7) is 3.55. The third-order valence-corrected chi connectivity index (χ3v) is 4.81. The summed E-state index contributed by atoms with van der Waals surface area (Å²) in [5, 5.41) is 10.8. The molecule has 1 heterocycles. The van der Waals surface area contributed by atoms with Crippen LogP contribution in [0, 0.1) is 24.0 Å². The lowest BCUT2D eigenvalue weighted by molar-refractivity contribution is -0.385. The van der Waals surface area contributed by atoms with Gasteiger partial charge in [0.1, 0.15) is 11.5 Å². The van der Waals surface area contributed by atoms with Gasteiger partial charge in [-0.05, 0) is 26.0 Å². The molecule has 0 saturated carbocycles. The Bertz CT molecular complexity index is 829. The molecule has 0 aliphatic rings. The van der Waals surface area contributed by atoms with Gasteiger partial charge in [0, 0.05) is 28.7 Å². The molecular formula is C13H13BrN2O5S. The van der Waals surface area contributed by atoms with Gasteiger partial charge in [-0.3, -0.25) is 10.1 Å². The molecule has 0 spiro atoms. The lowest BCUT2D eigenvalue weighted by Crippen LogP contribution is -2.23. The van der Waals surface area contributed by atoms with Gasteiger partial charge in [0.05, 0.1) is 9.82 Å². The van der Waals surface area contributed by atoms with Crippen LogP contribution in [-0.4, -0.2) is 13.3 Å². The summed E-state index contributed by atoms with van der Waals surface area (Å²) in [4.78, 5) is 10.00. The maximum absolute atomic E-state index is 12.3. The van der Waals surface area contributed by atoms with Gasteiger partial charge >= 0.3 is 0 Å². The molecule has 118 valence electrons. The van der Waals surface area contributed by atoms with E-state index in [0.29, 0.717) is 21.6 Å². The highest BCUT2D eigenvalue weighted by atomic mass is 79.9. The minimum Gasteiger partial charge on any atom is -0.466 e. The highest BCUT2D eigenvalue weighted by molar-refractivity contribution is 9.10. The molecule has 2 aromatic rings. The van der Waals surface area contributed by atoms with Crippen molar-refractivity contribution < 1.29 is 17.8 Å². The van der Waals surface area contributed by atoms with Crippen molar-refractivity contribution >= 4 is 31.6 Å². The quantitative estimate of drug-likeness (QED) is 0.626. The summed E-state index contributed by atoms with van der Waals surface area (Å²) in [5.74, 6) is 1.31. The largest absolute Gasteiger partial charge is 0.466 e. The van der Waals surface area contributed by atoms with Crippen LogP contribution in [0.15, 0.2) is 38.1 Å². The smallest absolute Gasteiger partial charge is 0.271 e. The van der Waals surface area contributed by atoms with Crippen molar-refractivity contribution in [2.24, 2.45) is 0 Å². The number of furan rings is 1. The van der Waals surface area contributed by atoms with Crippen LogP contribution < -0.4 is 4.72 Å². The highest BCUT2D eigenvalue weighted by Crippen LogP contribution is 2.24. The first-order chi connectivity index (χ1) is 10.2. The van der Waals surface area contributed by atoms with Crippen molar-refractivity contribution in [3.05, 3.63) is 55.9 Å². The van der Waals surface area contributed by atoms with Gasteiger partial charge in [-0.2, -0.15) is 0 Å². The van der Waals surface area contributed by atoms with Gasteiger partial charge < -0.3 is 4.42 Å². The van der Waals surface area contributed by atoms with Crippen molar-refractivity contribution in [1.82, 2.24) is 4.72 Å². The highest BCUT2D eigenvalue weighted by Gasteiger charge is 2.19. The van der Waals surface area contributed by atoms with E-state index < -0.39 is 14.9 Å². The molecule has 0 saturated heterocycles. The van der Waals surface area contributed by atoms with E-state index in [1.807, 2.05) is 0 Å². The minimum absolute atomic E-state index is 0.0474. The summed E-state index contributed by atoms with van der Waals surface area (Å²) in [5.41, 5.74) is 0.413. The van der Waals surface area contributed by atoms with Gasteiger partial charge in [-0.25, -0.2) is 13.1 Å². The first-order valence-electron chi connectivity index (χ1n) is 6.19. The molecule has 1 N–H and O–H groups in total. The molecule has 1 aromatic heterocycles. The van der Waals surface area contributed by atoms with Crippen molar-refractivity contribution in [2.75, 3.05) is 0 Å². The molecule has 0 aliphatic carbocycles. The van der Waals surface area contributed by atoms with Crippen molar-refractivity contribution in [2.45, 2.75) is 25.3 Å². The van der Waals surface area contributed by atoms with E-state index in [9.17, 15) is 18.5 Å². The summed E-state index contributed by atoms with van der Waals surface area (Å²) in [6, 6.07) is 5.30. The molecule has 0 bridgehead atoms. The standard InChI is InChI=1S/C13H13BrN2O5S/c1-8-3-10(9(2)21-8)7-15-22(19,20)13-5-11(14)4-12(6-13)16(17)18/h3-6,15H,7H2,1-2H3. The first-order valence-corrected chi connectivity index (χ1v) is 8.47. The fourth-order valence-corrected chi connectivity index (χ4v) is 3.63. The van der Waals surface area contributed by atoms with Gasteiger partial charge in [-0.15, -0.1) is 0 Å². The van der Waals surface area contributed by atoms with Crippen LogP contribution in [0.2, 0.25) is 0 Å². The van der Waals surface area contributed by atoms with E-state index in [2.05, 4.69) is 20.7 Å². The zero-order valence-corrected chi connectivity index (χ0v) is 14.2. The predicted octanol–water partition coefficient (Wildman–Crippen LogP) is 3.05. The van der Waals surface area contributed by atoms with Crippen molar-refractivity contribution in [1.29, 1.82) is 0 Å². The van der Waals surface area contributed by atoms with Crippen LogP contribution in [0.1, 0.15) is 17.1 Å². The van der Waals surface area contributed by atoms with Crippen LogP contribution in [0.5, 0.6) is 0 Å². The van der Waals surface area contributed by atoms with E-state index in [1.165, 1.54) is 12.1 Å². The van der Waals surface area contributed by atoms with E-state index in [-0.39, 0.29) is 17.1 Å². The summed E-state index contributed by atoms with van der Waals surface area (Å²) >= 11 is 3.07. The molecule has 7 nitrogen and oxygen atoms in total. The Morgan fingerprint density at radius 3 is 2.50 bits per heavy atom. The number of nitro groups is 1. The number of rotatable bonds is 5. The zero-order chi connectivity index (χ0) is 16.5. The Morgan fingerprint density at radius 1 is 1.27 bits per heavy atom. The average Bonchev–Trinajstić information content (AvgIpc) is 2.74. The Kier molecular flexibility index (Phi) is 4.69. The second kappa shape index (κ2) is 6.19. The van der Waals surface area contributed by atoms with Crippen LogP contribution in [-0.2, 0) is 16.6 Å². The van der Waals surface area contributed by atoms with Crippen molar-refractivity contribution in [3.63, 3.8) is 0 Å². The third-order valence-electron chi connectivity index (χ3n) is 2.97. The second-order valence-corrected chi connectivity index (χ2v) is 7.35.